The molecule has 0 N–H and O–H groups in total. The maximum atomic E-state index is 13.9. The summed E-state index contributed by atoms with van der Waals surface area (Å²) in [4.78, 5) is 13.9. The minimum atomic E-state index is 0.0457. The first-order valence-corrected chi connectivity index (χ1v) is 29.3. The second-order valence-electron chi connectivity index (χ2n) is 26.5. The number of hydrogen-bond acceptors (Lipinski definition) is 3. The number of esters is 1. The Morgan fingerprint density at radius 2 is 1.27 bits per heavy atom. The Labute approximate surface area is 389 Å². The van der Waals surface area contributed by atoms with Crippen molar-refractivity contribution in [2.75, 3.05) is 6.61 Å². The molecule has 29 unspecified atom stereocenters. The van der Waals surface area contributed by atoms with Gasteiger partial charge in [0.1, 0.15) is 0 Å². The Balaban J connectivity index is 0.814. The van der Waals surface area contributed by atoms with Crippen LogP contribution in [0.1, 0.15) is 94.6 Å². The summed E-state index contributed by atoms with van der Waals surface area (Å²) in [6.45, 7) is 0.485. The van der Waals surface area contributed by atoms with Crippen LogP contribution in [0.25, 0.3) is 0 Å². The molecule has 15 fully saturated rings. The van der Waals surface area contributed by atoms with Crippen molar-refractivity contribution in [3.05, 3.63) is 66.2 Å². The van der Waals surface area contributed by atoms with Gasteiger partial charge in [-0.15, -0.1) is 11.3 Å². The lowest BCUT2D eigenvalue weighted by Gasteiger charge is -2.63. The topological polar surface area (TPSA) is 26.3 Å². The first-order chi connectivity index (χ1) is 30.5. The zero-order valence-electron chi connectivity index (χ0n) is 36.1. The molecule has 17 aliphatic carbocycles. The van der Waals surface area contributed by atoms with Gasteiger partial charge in [-0.25, -0.2) is 0 Å². The van der Waals surface area contributed by atoms with E-state index in [1.54, 1.807) is 68.3 Å². The number of benzene rings is 1. The molecular weight excluding hydrogens is 908 g/mol. The van der Waals surface area contributed by atoms with E-state index in [9.17, 15) is 4.79 Å². The summed E-state index contributed by atoms with van der Waals surface area (Å²) in [6.07, 6.45) is 19.5. The zero-order chi connectivity index (χ0) is 39.8. The van der Waals surface area contributed by atoms with Crippen molar-refractivity contribution in [2.24, 2.45) is 165 Å². The van der Waals surface area contributed by atoms with Gasteiger partial charge < -0.3 is 4.74 Å². The molecule has 1 heterocycles. The van der Waals surface area contributed by atoms with Crippen LogP contribution in [0, 0.1) is 165 Å². The number of halogens is 2. The predicted octanol–water partition coefficient (Wildman–Crippen LogP) is 12.9. The van der Waals surface area contributed by atoms with Gasteiger partial charge >= 0.3 is 5.97 Å². The van der Waals surface area contributed by atoms with Crippen molar-refractivity contribution in [1.82, 2.24) is 0 Å². The predicted molar refractivity (Wildman–Crippen MR) is 245 cm³/mol. The van der Waals surface area contributed by atoms with Gasteiger partial charge in [-0.05, 0) is 285 Å². The van der Waals surface area contributed by atoms with Crippen molar-refractivity contribution >= 4 is 49.2 Å². The summed E-state index contributed by atoms with van der Waals surface area (Å²) in [5.41, 5.74) is 8.39. The van der Waals surface area contributed by atoms with Gasteiger partial charge in [0, 0.05) is 23.7 Å². The molecule has 17 aliphatic rings. The van der Waals surface area contributed by atoms with Gasteiger partial charge in [-0.1, -0.05) is 41.5 Å². The van der Waals surface area contributed by atoms with Crippen molar-refractivity contribution in [3.63, 3.8) is 0 Å². The molecule has 0 amide bonds. The quantitative estimate of drug-likeness (QED) is 0.195. The molecule has 29 atom stereocenters. The van der Waals surface area contributed by atoms with E-state index < -0.39 is 0 Å². The van der Waals surface area contributed by atoms with Gasteiger partial charge in [0.15, 0.2) is 0 Å². The third-order valence-corrected chi connectivity index (χ3v) is 30.1. The second-order valence-corrected chi connectivity index (χ2v) is 30.2. The fourth-order valence-electron chi connectivity index (χ4n) is 29.0. The molecule has 15 saturated carbocycles. The normalized spacial score (nSPS) is 63.2. The zero-order valence-corrected chi connectivity index (χ0v) is 40.1. The maximum Gasteiger partial charge on any atom is 0.305 e. The summed E-state index contributed by atoms with van der Waals surface area (Å²) in [5.74, 6) is 28.0. The molecule has 322 valence electrons. The lowest BCUT2D eigenvalue weighted by molar-refractivity contribution is -0.152. The Morgan fingerprint density at radius 3 is 1.95 bits per heavy atom. The van der Waals surface area contributed by atoms with Crippen LogP contribution in [0.15, 0.2) is 55.1 Å². The molecule has 0 radical (unpaired) electrons. The highest BCUT2D eigenvalue weighted by Crippen LogP contribution is 3.05. The summed E-state index contributed by atoms with van der Waals surface area (Å²) < 4.78 is 8.39. The van der Waals surface area contributed by atoms with Gasteiger partial charge in [0.05, 0.1) is 14.2 Å². The Kier molecular flexibility index (Phi) is 6.17. The molecule has 2 nitrogen and oxygen atoms in total. The lowest BCUT2D eigenvalue weighted by Crippen LogP contribution is -2.60. The molecule has 0 bridgehead atoms. The molecule has 5 heteroatoms. The number of ether oxygens (including phenoxy) is 1. The summed E-state index contributed by atoms with van der Waals surface area (Å²) in [5, 5.41) is 0. The summed E-state index contributed by atoms with van der Waals surface area (Å²) >= 11 is 9.10. The first-order valence-electron chi connectivity index (χ1n) is 26.9. The molecule has 1 aromatic carbocycles. The maximum absolute atomic E-state index is 13.9. The van der Waals surface area contributed by atoms with E-state index in [1.165, 1.54) is 24.8 Å². The van der Waals surface area contributed by atoms with Gasteiger partial charge in [-0.2, -0.15) is 0 Å². The number of hydrogen-bond donors (Lipinski definition) is 0. The number of rotatable bonds is 8. The number of carbonyl (C=O) groups excluding carboxylic acids is 1. The number of fused-ring (bicyclic) bond motifs is 4. The SMILES string of the molecule is O=C(CCCC1(c2ccccc2)C23CCC4=C5C6C7C4CCC4C8CCC9C%10CCC%11C%12CCC2C2C%12C%12C%11C%10C%10C9C8C(C47)C4C6C(C%12C%104)C2C513)OCCc1cc(Br)sc1Br. The van der Waals surface area contributed by atoms with Crippen LogP contribution in [-0.4, -0.2) is 12.6 Å². The minimum absolute atomic E-state index is 0.0457. The van der Waals surface area contributed by atoms with Crippen LogP contribution in [-0.2, 0) is 21.4 Å². The molecule has 2 aromatic rings. The minimum Gasteiger partial charge on any atom is -0.465 e. The fourth-order valence-corrected chi connectivity index (χ4v) is 31.9. The van der Waals surface area contributed by atoms with Crippen LogP contribution >= 0.6 is 43.2 Å². The van der Waals surface area contributed by atoms with Crippen molar-refractivity contribution in [1.29, 1.82) is 0 Å². The molecule has 0 saturated heterocycles. The molecule has 1 spiro atoms. The molecule has 62 heavy (non-hydrogen) atoms. The monoisotopic (exact) mass is 968 g/mol. The number of allylic oxidation sites excluding steroid dienone is 2. The van der Waals surface area contributed by atoms with Crippen molar-refractivity contribution < 1.29 is 9.53 Å². The average molecular weight is 971 g/mol. The highest BCUT2D eigenvalue weighted by atomic mass is 79.9. The smallest absolute Gasteiger partial charge is 0.305 e. The highest BCUT2D eigenvalue weighted by molar-refractivity contribution is 9.12. The molecule has 0 aliphatic heterocycles. The fraction of sp³-hybridized carbons (Fsp3) is 0.772. The van der Waals surface area contributed by atoms with Crippen LogP contribution in [0.5, 0.6) is 0 Å². The van der Waals surface area contributed by atoms with Crippen molar-refractivity contribution in [2.45, 2.75) is 95.3 Å². The van der Waals surface area contributed by atoms with E-state index >= 15 is 0 Å². The van der Waals surface area contributed by atoms with E-state index in [1.807, 2.05) is 0 Å². The first kappa shape index (κ1) is 35.3. The highest BCUT2D eigenvalue weighted by Gasteiger charge is 3.02. The largest absolute Gasteiger partial charge is 0.465 e. The van der Waals surface area contributed by atoms with Gasteiger partial charge in [0.2, 0.25) is 0 Å². The van der Waals surface area contributed by atoms with Crippen LogP contribution in [0.2, 0.25) is 0 Å². The molecular formula is C57H62Br2O2S. The van der Waals surface area contributed by atoms with E-state index in [0.29, 0.717) is 23.9 Å². The van der Waals surface area contributed by atoms with Gasteiger partial charge in [0.25, 0.3) is 0 Å². The summed E-state index contributed by atoms with van der Waals surface area (Å²) in [6, 6.07) is 14.7. The van der Waals surface area contributed by atoms with E-state index in [4.69, 9.17) is 4.74 Å². The average Bonchev–Trinajstić information content (AvgIpc) is 4.04. The van der Waals surface area contributed by atoms with E-state index in [2.05, 4.69) is 79.4 Å². The van der Waals surface area contributed by atoms with Crippen LogP contribution in [0.3, 0.4) is 0 Å². The Hall–Kier alpha value is -0.910. The molecule has 19 rings (SSSR count). The second kappa shape index (κ2) is 10.8. The third-order valence-electron chi connectivity index (χ3n) is 27.6. The van der Waals surface area contributed by atoms with E-state index in [0.717, 1.165) is 174 Å². The van der Waals surface area contributed by atoms with Gasteiger partial charge in [-0.3, -0.25) is 4.79 Å². The van der Waals surface area contributed by atoms with Crippen LogP contribution < -0.4 is 0 Å². The Morgan fingerprint density at radius 1 is 0.677 bits per heavy atom. The van der Waals surface area contributed by atoms with Crippen LogP contribution in [0.4, 0.5) is 0 Å². The van der Waals surface area contributed by atoms with E-state index in [-0.39, 0.29) is 11.4 Å². The molecule has 1 aromatic heterocycles. The third kappa shape index (κ3) is 3.16. The standard InChI is InChI=1S/C57H62Br2O2S/c58-33-21-22(54(59)62-33)17-20-61-34(60)7-4-18-55(23-5-2-1-3-6-23)56-19-16-31-30-13-12-27-26-9-8-24-25-10-11-28-29-14-15-32(56)42-41(29)45-38(28)37(25)43-35(24)36(26)44-39(27)40(30)50-49-47(44)46(43)48(45)51(49)53(42)57(55,56)52(31)50/h1-3,5-6,21,24-30,32,35-51,53H,4,7-20H2. The Bertz CT molecular complexity index is 2490. The summed E-state index contributed by atoms with van der Waals surface area (Å²) in [7, 11) is 0. The number of carbonyl (C=O) groups is 1. The lowest BCUT2D eigenvalue weighted by atomic mass is 9.41. The van der Waals surface area contributed by atoms with Crippen molar-refractivity contribution in [3.8, 4) is 0 Å². The number of thiophene rings is 1.